The van der Waals surface area contributed by atoms with Crippen molar-refractivity contribution < 1.29 is 41.8 Å². The molecule has 2 atom stereocenters. The van der Waals surface area contributed by atoms with Gasteiger partial charge in [-0.25, -0.2) is 8.78 Å². The quantitative estimate of drug-likeness (QED) is 0.246. The highest BCUT2D eigenvalue weighted by Crippen LogP contribution is 2.45. The fourth-order valence-corrected chi connectivity index (χ4v) is 5.65. The van der Waals surface area contributed by atoms with Crippen molar-refractivity contribution in [1.29, 1.82) is 0 Å². The van der Waals surface area contributed by atoms with E-state index < -0.39 is 36.1 Å². The first-order valence-electron chi connectivity index (χ1n) is 14.1. The van der Waals surface area contributed by atoms with Crippen molar-refractivity contribution in [1.82, 2.24) is 0 Å². The minimum absolute atomic E-state index is 0.00216. The standard InChI is InChI=1S/C32H33BF2O7/c1-31(2)32(3,4)42-33(41-31)19-6-10-23(34)28(15-19)40-25-13-11-24(35)30-22(25)9-12-26(30)39-20-7-8-21-18(14-29(36)37-5)17-38-27(21)16-20/h6-8,10-11,13,15-16,18,26H,9,12,14,17H2,1-5H3/t18?,26-/m1/s1. The van der Waals surface area contributed by atoms with Crippen molar-refractivity contribution >= 4 is 18.6 Å². The van der Waals surface area contributed by atoms with E-state index in [0.29, 0.717) is 53.3 Å². The molecule has 1 unspecified atom stereocenters. The van der Waals surface area contributed by atoms with Crippen LogP contribution in [0, 0.1) is 11.6 Å². The van der Waals surface area contributed by atoms with Crippen LogP contribution in [0.3, 0.4) is 0 Å². The third-order valence-corrected chi connectivity index (χ3v) is 8.72. The van der Waals surface area contributed by atoms with Crippen molar-refractivity contribution in [3.63, 3.8) is 0 Å². The lowest BCUT2D eigenvalue weighted by Gasteiger charge is -2.32. The van der Waals surface area contributed by atoms with Crippen LogP contribution in [-0.2, 0) is 25.3 Å². The van der Waals surface area contributed by atoms with Crippen molar-refractivity contribution in [2.45, 2.75) is 70.2 Å². The third-order valence-electron chi connectivity index (χ3n) is 8.72. The predicted molar refractivity (Wildman–Crippen MR) is 152 cm³/mol. The van der Waals surface area contributed by atoms with Gasteiger partial charge in [0.25, 0.3) is 0 Å². The van der Waals surface area contributed by atoms with Crippen LogP contribution in [0.15, 0.2) is 48.5 Å². The summed E-state index contributed by atoms with van der Waals surface area (Å²) in [7, 11) is 0.682. The third kappa shape index (κ3) is 5.11. The van der Waals surface area contributed by atoms with E-state index in [-0.39, 0.29) is 24.1 Å². The van der Waals surface area contributed by atoms with E-state index >= 15 is 4.39 Å². The summed E-state index contributed by atoms with van der Waals surface area (Å²) in [6, 6.07) is 12.8. The molecule has 3 aliphatic rings. The molecule has 10 heteroatoms. The Kier molecular flexibility index (Phi) is 7.18. The number of halogens is 2. The molecule has 1 aliphatic carbocycles. The molecule has 220 valence electrons. The van der Waals surface area contributed by atoms with Gasteiger partial charge in [0, 0.05) is 28.7 Å². The van der Waals surface area contributed by atoms with Crippen molar-refractivity contribution in [3.05, 3.63) is 76.9 Å². The maximum atomic E-state index is 15.2. The Balaban J connectivity index is 1.21. The van der Waals surface area contributed by atoms with Gasteiger partial charge in [-0.15, -0.1) is 0 Å². The largest absolute Gasteiger partial charge is 0.494 e. The lowest BCUT2D eigenvalue weighted by molar-refractivity contribution is -0.141. The van der Waals surface area contributed by atoms with Crippen LogP contribution >= 0.6 is 0 Å². The molecule has 3 aromatic carbocycles. The van der Waals surface area contributed by atoms with Crippen molar-refractivity contribution in [2.24, 2.45) is 0 Å². The van der Waals surface area contributed by atoms with Gasteiger partial charge in [0.05, 0.1) is 31.3 Å². The van der Waals surface area contributed by atoms with Gasteiger partial charge in [0.2, 0.25) is 0 Å². The molecule has 2 heterocycles. The molecule has 6 rings (SSSR count). The van der Waals surface area contributed by atoms with Gasteiger partial charge in [-0.3, -0.25) is 4.79 Å². The molecule has 42 heavy (non-hydrogen) atoms. The summed E-state index contributed by atoms with van der Waals surface area (Å²) in [5.41, 5.74) is 1.46. The van der Waals surface area contributed by atoms with Gasteiger partial charge in [-0.2, -0.15) is 0 Å². The Morgan fingerprint density at radius 1 is 0.976 bits per heavy atom. The minimum Gasteiger partial charge on any atom is -0.492 e. The maximum absolute atomic E-state index is 15.2. The molecule has 0 radical (unpaired) electrons. The highest BCUT2D eigenvalue weighted by Gasteiger charge is 2.51. The normalized spacial score (nSPS) is 21.5. The first-order valence-corrected chi connectivity index (χ1v) is 14.1. The minimum atomic E-state index is -0.679. The number of fused-ring (bicyclic) bond motifs is 2. The molecule has 0 bridgehead atoms. The summed E-state index contributed by atoms with van der Waals surface area (Å²) in [6.07, 6.45) is 0.684. The first kappa shape index (κ1) is 28.5. The summed E-state index contributed by atoms with van der Waals surface area (Å²) in [6.45, 7) is 8.18. The number of carbonyl (C=O) groups is 1. The molecule has 0 N–H and O–H groups in total. The predicted octanol–water partition coefficient (Wildman–Crippen LogP) is 6.16. The molecule has 0 saturated carbocycles. The van der Waals surface area contributed by atoms with Gasteiger partial charge < -0.3 is 28.3 Å². The second-order valence-electron chi connectivity index (χ2n) is 12.0. The monoisotopic (exact) mass is 578 g/mol. The number of hydrogen-bond acceptors (Lipinski definition) is 7. The lowest BCUT2D eigenvalue weighted by atomic mass is 9.79. The average molecular weight is 578 g/mol. The van der Waals surface area contributed by atoms with E-state index in [9.17, 15) is 9.18 Å². The molecule has 1 saturated heterocycles. The average Bonchev–Trinajstić information content (AvgIpc) is 3.61. The van der Waals surface area contributed by atoms with Crippen molar-refractivity contribution in [3.8, 4) is 23.0 Å². The van der Waals surface area contributed by atoms with Crippen LogP contribution in [-0.4, -0.2) is 38.0 Å². The molecule has 0 amide bonds. The fourth-order valence-electron chi connectivity index (χ4n) is 5.65. The van der Waals surface area contributed by atoms with Gasteiger partial charge in [0.15, 0.2) is 11.6 Å². The van der Waals surface area contributed by atoms with E-state index in [2.05, 4.69) is 0 Å². The van der Waals surface area contributed by atoms with E-state index in [1.807, 2.05) is 33.8 Å². The number of hydrogen-bond donors (Lipinski definition) is 0. The van der Waals surface area contributed by atoms with Crippen LogP contribution in [0.25, 0.3) is 0 Å². The number of carbonyl (C=O) groups excluding carboxylic acids is 1. The second kappa shape index (κ2) is 10.6. The molecule has 2 aliphatic heterocycles. The number of methoxy groups -OCH3 is 1. The molecule has 1 fully saturated rings. The molecule has 0 spiro atoms. The Bertz CT molecular complexity index is 1520. The van der Waals surface area contributed by atoms with Crippen LogP contribution in [0.4, 0.5) is 8.78 Å². The number of benzene rings is 3. The summed E-state index contributed by atoms with van der Waals surface area (Å²) >= 11 is 0. The SMILES string of the molecule is COC(=O)CC1COc2cc(O[C@@H]3CCc4c(Oc5cc(B6OC(C)(C)C(C)(C)O6)ccc5F)ccc(F)c43)ccc21. The van der Waals surface area contributed by atoms with E-state index in [1.54, 1.807) is 24.3 Å². The molecule has 0 aromatic heterocycles. The molecular weight excluding hydrogens is 545 g/mol. The molecular formula is C32H33BF2O7. The van der Waals surface area contributed by atoms with Crippen LogP contribution in [0.2, 0.25) is 0 Å². The summed E-state index contributed by atoms with van der Waals surface area (Å²) < 4.78 is 65.2. The van der Waals surface area contributed by atoms with E-state index in [1.165, 1.54) is 25.3 Å². The van der Waals surface area contributed by atoms with Gasteiger partial charge in [-0.1, -0.05) is 12.1 Å². The maximum Gasteiger partial charge on any atom is 0.494 e. The summed E-state index contributed by atoms with van der Waals surface area (Å²) in [4.78, 5) is 11.7. The van der Waals surface area contributed by atoms with Crippen LogP contribution < -0.4 is 19.7 Å². The van der Waals surface area contributed by atoms with E-state index in [4.69, 9.17) is 28.3 Å². The zero-order chi connectivity index (χ0) is 29.8. The Morgan fingerprint density at radius 2 is 1.71 bits per heavy atom. The van der Waals surface area contributed by atoms with Crippen molar-refractivity contribution in [2.75, 3.05) is 13.7 Å². The van der Waals surface area contributed by atoms with Crippen LogP contribution in [0.1, 0.15) is 69.2 Å². The number of ether oxygens (including phenoxy) is 4. The highest BCUT2D eigenvalue weighted by molar-refractivity contribution is 6.62. The second-order valence-corrected chi connectivity index (χ2v) is 12.0. The Morgan fingerprint density at radius 3 is 2.45 bits per heavy atom. The van der Waals surface area contributed by atoms with E-state index in [0.717, 1.165) is 5.56 Å². The van der Waals surface area contributed by atoms with Gasteiger partial charge in [-0.05, 0) is 76.3 Å². The fraction of sp³-hybridized carbons (Fsp3) is 0.406. The zero-order valence-corrected chi connectivity index (χ0v) is 24.3. The summed E-state index contributed by atoms with van der Waals surface area (Å²) in [5.74, 6) is 0.168. The molecule has 7 nitrogen and oxygen atoms in total. The highest BCUT2D eigenvalue weighted by atomic mass is 19.1. The van der Waals surface area contributed by atoms with Gasteiger partial charge >= 0.3 is 13.1 Å². The Labute approximate surface area is 244 Å². The molecule has 3 aromatic rings. The smallest absolute Gasteiger partial charge is 0.492 e. The zero-order valence-electron chi connectivity index (χ0n) is 24.3. The number of rotatable bonds is 7. The summed E-state index contributed by atoms with van der Waals surface area (Å²) in [5, 5.41) is 0. The van der Waals surface area contributed by atoms with Crippen LogP contribution in [0.5, 0.6) is 23.0 Å². The number of esters is 1. The topological polar surface area (TPSA) is 72.5 Å². The van der Waals surface area contributed by atoms with Gasteiger partial charge in [0.1, 0.15) is 29.2 Å². The lowest BCUT2D eigenvalue weighted by Crippen LogP contribution is -2.41. The Hall–Kier alpha value is -3.63. The first-order chi connectivity index (χ1) is 20.0.